The summed E-state index contributed by atoms with van der Waals surface area (Å²) < 4.78 is 0. The first kappa shape index (κ1) is 35.8. The summed E-state index contributed by atoms with van der Waals surface area (Å²) in [5, 5.41) is 29.3. The Kier molecular flexibility index (Phi) is 24.3. The van der Waals surface area contributed by atoms with Crippen LogP contribution in [0.2, 0.25) is 0 Å². The SMILES string of the molecule is CCCCCCCCCCCCCCCCCCC[C@@H](O)C[C@H](O)CCC/C=C(\C)C(=O)C(C)C(=O)O. The number of carbonyl (C=O) groups excluding carboxylic acids is 1. The Morgan fingerprint density at radius 1 is 0.649 bits per heavy atom. The van der Waals surface area contributed by atoms with Gasteiger partial charge >= 0.3 is 5.97 Å². The van der Waals surface area contributed by atoms with Crippen molar-refractivity contribution in [3.63, 3.8) is 0 Å². The molecule has 0 amide bonds. The molecule has 0 aromatic heterocycles. The minimum Gasteiger partial charge on any atom is -0.481 e. The van der Waals surface area contributed by atoms with Crippen molar-refractivity contribution in [2.75, 3.05) is 0 Å². The first-order chi connectivity index (χ1) is 17.8. The third-order valence-electron chi connectivity index (χ3n) is 7.53. The van der Waals surface area contributed by atoms with E-state index in [2.05, 4.69) is 6.92 Å². The molecule has 0 saturated carbocycles. The Bertz CT molecular complexity index is 586. The quantitative estimate of drug-likeness (QED) is 0.0568. The van der Waals surface area contributed by atoms with E-state index in [1.807, 2.05) is 0 Å². The number of allylic oxidation sites excluding steroid dienone is 2. The van der Waals surface area contributed by atoms with Crippen LogP contribution in [-0.2, 0) is 9.59 Å². The molecule has 37 heavy (non-hydrogen) atoms. The molecular weight excluding hydrogens is 464 g/mol. The highest BCUT2D eigenvalue weighted by Gasteiger charge is 2.21. The van der Waals surface area contributed by atoms with Crippen molar-refractivity contribution < 1.29 is 24.9 Å². The van der Waals surface area contributed by atoms with E-state index < -0.39 is 24.1 Å². The summed E-state index contributed by atoms with van der Waals surface area (Å²) in [5.41, 5.74) is 0.461. The summed E-state index contributed by atoms with van der Waals surface area (Å²) in [5.74, 6) is -2.49. The Labute approximate surface area is 228 Å². The number of unbranched alkanes of at least 4 members (excludes halogenated alkanes) is 17. The number of aliphatic hydroxyl groups is 2. The van der Waals surface area contributed by atoms with Crippen LogP contribution in [0.5, 0.6) is 0 Å². The van der Waals surface area contributed by atoms with E-state index in [1.165, 1.54) is 103 Å². The average molecular weight is 525 g/mol. The fourth-order valence-electron chi connectivity index (χ4n) is 4.88. The monoisotopic (exact) mass is 524 g/mol. The first-order valence-corrected chi connectivity index (χ1v) is 15.6. The van der Waals surface area contributed by atoms with Crippen molar-refractivity contribution in [1.82, 2.24) is 0 Å². The number of hydrogen-bond donors (Lipinski definition) is 3. The molecule has 0 saturated heterocycles. The zero-order chi connectivity index (χ0) is 27.7. The smallest absolute Gasteiger partial charge is 0.314 e. The molecule has 0 aliphatic carbocycles. The number of carbonyl (C=O) groups is 2. The number of Topliss-reactive ketones (excluding diaryl/α,β-unsaturated/α-hetero) is 1. The molecule has 0 bridgehead atoms. The van der Waals surface area contributed by atoms with Gasteiger partial charge in [-0.2, -0.15) is 0 Å². The average Bonchev–Trinajstić information content (AvgIpc) is 2.87. The lowest BCUT2D eigenvalue weighted by Gasteiger charge is -2.15. The summed E-state index contributed by atoms with van der Waals surface area (Å²) in [4.78, 5) is 22.8. The topological polar surface area (TPSA) is 94.8 Å². The number of carboxylic acid groups (broad SMARTS) is 1. The minimum absolute atomic E-state index is 0.363. The Morgan fingerprint density at radius 3 is 1.43 bits per heavy atom. The summed E-state index contributed by atoms with van der Waals surface area (Å²) in [6.07, 6.45) is 26.6. The Balaban J connectivity index is 3.53. The molecule has 5 heteroatoms. The second-order valence-corrected chi connectivity index (χ2v) is 11.2. The van der Waals surface area contributed by atoms with Crippen LogP contribution in [0.3, 0.4) is 0 Å². The lowest BCUT2D eigenvalue weighted by atomic mass is 9.98. The number of hydrogen-bond acceptors (Lipinski definition) is 4. The predicted molar refractivity (Wildman–Crippen MR) is 155 cm³/mol. The number of rotatable bonds is 27. The fourth-order valence-corrected chi connectivity index (χ4v) is 4.88. The van der Waals surface area contributed by atoms with E-state index in [0.717, 1.165) is 19.3 Å². The van der Waals surface area contributed by atoms with Crippen molar-refractivity contribution in [2.45, 2.75) is 174 Å². The fraction of sp³-hybridized carbons (Fsp3) is 0.875. The maximum atomic E-state index is 11.9. The van der Waals surface area contributed by atoms with E-state index in [0.29, 0.717) is 31.3 Å². The van der Waals surface area contributed by atoms with Crippen molar-refractivity contribution in [3.8, 4) is 0 Å². The lowest BCUT2D eigenvalue weighted by molar-refractivity contribution is -0.144. The molecule has 0 heterocycles. The van der Waals surface area contributed by atoms with E-state index in [-0.39, 0.29) is 5.78 Å². The zero-order valence-corrected chi connectivity index (χ0v) is 24.5. The van der Waals surface area contributed by atoms with Gasteiger partial charge in [0.1, 0.15) is 5.92 Å². The number of ketones is 1. The van der Waals surface area contributed by atoms with Gasteiger partial charge in [-0.15, -0.1) is 0 Å². The van der Waals surface area contributed by atoms with Crippen LogP contribution in [0.1, 0.15) is 162 Å². The number of carboxylic acids is 1. The van der Waals surface area contributed by atoms with Crippen LogP contribution in [0.4, 0.5) is 0 Å². The highest BCUT2D eigenvalue weighted by molar-refractivity contribution is 6.07. The highest BCUT2D eigenvalue weighted by Crippen LogP contribution is 2.17. The Hall–Kier alpha value is -1.20. The molecule has 5 nitrogen and oxygen atoms in total. The van der Waals surface area contributed by atoms with Crippen LogP contribution >= 0.6 is 0 Å². The largest absolute Gasteiger partial charge is 0.481 e. The van der Waals surface area contributed by atoms with Crippen LogP contribution in [0.15, 0.2) is 11.6 Å². The van der Waals surface area contributed by atoms with Crippen LogP contribution in [0.25, 0.3) is 0 Å². The van der Waals surface area contributed by atoms with Gasteiger partial charge in [-0.1, -0.05) is 122 Å². The molecule has 0 aromatic rings. The van der Waals surface area contributed by atoms with Gasteiger partial charge in [0.2, 0.25) is 0 Å². The summed E-state index contributed by atoms with van der Waals surface area (Å²) in [7, 11) is 0. The predicted octanol–water partition coefficient (Wildman–Crippen LogP) is 8.55. The second kappa shape index (κ2) is 25.1. The molecular formula is C32H60O5. The molecule has 0 rings (SSSR count). The van der Waals surface area contributed by atoms with Gasteiger partial charge in [-0.25, -0.2) is 0 Å². The van der Waals surface area contributed by atoms with Gasteiger partial charge in [0.05, 0.1) is 12.2 Å². The molecule has 0 aromatic carbocycles. The van der Waals surface area contributed by atoms with Gasteiger partial charge in [0.15, 0.2) is 5.78 Å². The molecule has 0 spiro atoms. The number of aliphatic hydroxyl groups excluding tert-OH is 2. The summed E-state index contributed by atoms with van der Waals surface area (Å²) >= 11 is 0. The van der Waals surface area contributed by atoms with Gasteiger partial charge in [-0.05, 0) is 51.5 Å². The van der Waals surface area contributed by atoms with E-state index in [1.54, 1.807) is 13.0 Å². The second-order valence-electron chi connectivity index (χ2n) is 11.2. The van der Waals surface area contributed by atoms with Gasteiger partial charge in [-0.3, -0.25) is 9.59 Å². The van der Waals surface area contributed by atoms with Crippen molar-refractivity contribution in [3.05, 3.63) is 11.6 Å². The normalized spacial score (nSPS) is 14.5. The molecule has 0 fully saturated rings. The molecule has 0 aliphatic heterocycles. The summed E-state index contributed by atoms with van der Waals surface area (Å²) in [6, 6.07) is 0. The molecule has 1 unspecified atom stereocenters. The molecule has 0 radical (unpaired) electrons. The van der Waals surface area contributed by atoms with Gasteiger partial charge in [0, 0.05) is 0 Å². The number of aliphatic carboxylic acids is 1. The maximum absolute atomic E-state index is 11.9. The maximum Gasteiger partial charge on any atom is 0.314 e. The van der Waals surface area contributed by atoms with E-state index in [9.17, 15) is 19.8 Å². The molecule has 0 aliphatic rings. The minimum atomic E-state index is -1.11. The zero-order valence-electron chi connectivity index (χ0n) is 24.5. The van der Waals surface area contributed by atoms with Crippen molar-refractivity contribution >= 4 is 11.8 Å². The van der Waals surface area contributed by atoms with Crippen LogP contribution in [-0.4, -0.2) is 39.3 Å². The lowest BCUT2D eigenvalue weighted by Crippen LogP contribution is -2.21. The van der Waals surface area contributed by atoms with Gasteiger partial charge in [0.25, 0.3) is 0 Å². The van der Waals surface area contributed by atoms with Gasteiger partial charge < -0.3 is 15.3 Å². The molecule has 218 valence electrons. The van der Waals surface area contributed by atoms with Crippen molar-refractivity contribution in [2.24, 2.45) is 5.92 Å². The van der Waals surface area contributed by atoms with Crippen LogP contribution < -0.4 is 0 Å². The van der Waals surface area contributed by atoms with Crippen LogP contribution in [0, 0.1) is 5.92 Å². The Morgan fingerprint density at radius 2 is 1.03 bits per heavy atom. The highest BCUT2D eigenvalue weighted by atomic mass is 16.4. The standard InChI is InChI=1S/C32H60O5/c1-4-5-6-7-8-9-10-11-12-13-14-15-16-17-18-19-20-24-29(33)26-30(34)25-22-21-23-27(2)31(35)28(3)32(36)37/h23,28-30,33-34H,4-22,24-26H2,1-3H3,(H,36,37)/b27-23+/t28?,29-,30-/m1/s1. The molecule has 3 atom stereocenters. The van der Waals surface area contributed by atoms with Crippen molar-refractivity contribution in [1.29, 1.82) is 0 Å². The third-order valence-corrected chi connectivity index (χ3v) is 7.53. The third kappa shape index (κ3) is 22.5. The summed E-state index contributed by atoms with van der Waals surface area (Å²) in [6.45, 7) is 5.31. The first-order valence-electron chi connectivity index (χ1n) is 15.6. The molecule has 3 N–H and O–H groups in total. The van der Waals surface area contributed by atoms with E-state index >= 15 is 0 Å². The van der Waals surface area contributed by atoms with E-state index in [4.69, 9.17) is 5.11 Å².